The van der Waals surface area contributed by atoms with Gasteiger partial charge < -0.3 is 9.64 Å². The van der Waals surface area contributed by atoms with Crippen molar-refractivity contribution in [2.75, 3.05) is 13.7 Å². The Kier molecular flexibility index (Phi) is 3.79. The summed E-state index contributed by atoms with van der Waals surface area (Å²) in [6.45, 7) is 4.60. The zero-order valence-corrected chi connectivity index (χ0v) is 15.4. The van der Waals surface area contributed by atoms with E-state index in [4.69, 9.17) is 4.74 Å². The fraction of sp³-hybridized carbons (Fsp3) is 0.476. The lowest BCUT2D eigenvalue weighted by molar-refractivity contribution is -0.154. The van der Waals surface area contributed by atoms with Crippen LogP contribution < -0.4 is 0 Å². The van der Waals surface area contributed by atoms with Gasteiger partial charge in [0.25, 0.3) is 0 Å². The number of Topliss-reactive ketones (excluding diaryl/α,β-unsaturated/α-hetero) is 2. The normalized spacial score (nSPS) is 26.8. The second kappa shape index (κ2) is 5.79. The molecule has 0 fully saturated rings. The monoisotopic (exact) mass is 353 g/mol. The van der Waals surface area contributed by atoms with Crippen LogP contribution in [0, 0.1) is 11.3 Å². The van der Waals surface area contributed by atoms with Crippen LogP contribution >= 0.6 is 0 Å². The summed E-state index contributed by atoms with van der Waals surface area (Å²) >= 11 is 0. The van der Waals surface area contributed by atoms with Crippen molar-refractivity contribution >= 4 is 17.5 Å². The van der Waals surface area contributed by atoms with Gasteiger partial charge in [-0.25, -0.2) is 0 Å². The van der Waals surface area contributed by atoms with E-state index in [0.29, 0.717) is 6.42 Å². The molecule has 0 N–H and O–H groups in total. The van der Waals surface area contributed by atoms with E-state index in [9.17, 15) is 14.4 Å². The minimum Gasteiger partial charge on any atom is -0.468 e. The van der Waals surface area contributed by atoms with Crippen LogP contribution in [0.1, 0.15) is 43.9 Å². The first kappa shape index (κ1) is 17.0. The van der Waals surface area contributed by atoms with Crippen LogP contribution in [-0.2, 0) is 25.5 Å². The molecule has 5 heteroatoms. The Morgan fingerprint density at radius 1 is 1.23 bits per heavy atom. The van der Waals surface area contributed by atoms with Crippen molar-refractivity contribution < 1.29 is 19.1 Å². The molecule has 1 aliphatic carbocycles. The fourth-order valence-corrected chi connectivity index (χ4v) is 4.82. The molecule has 136 valence electrons. The van der Waals surface area contributed by atoms with Crippen molar-refractivity contribution in [2.45, 2.75) is 39.2 Å². The Morgan fingerprint density at radius 3 is 2.69 bits per heavy atom. The zero-order valence-electron chi connectivity index (χ0n) is 15.4. The van der Waals surface area contributed by atoms with Crippen molar-refractivity contribution in [3.8, 4) is 0 Å². The number of esters is 1. The van der Waals surface area contributed by atoms with Crippen LogP contribution in [-0.4, -0.2) is 36.1 Å². The van der Waals surface area contributed by atoms with Crippen LogP contribution in [0.5, 0.6) is 0 Å². The number of ketones is 2. The summed E-state index contributed by atoms with van der Waals surface area (Å²) in [5, 5.41) is 0. The number of ether oxygens (including phenoxy) is 1. The third-order valence-electron chi connectivity index (χ3n) is 6.06. The number of methoxy groups -OCH3 is 1. The average molecular weight is 353 g/mol. The smallest absolute Gasteiger partial charge is 0.317 e. The lowest BCUT2D eigenvalue weighted by Gasteiger charge is -2.48. The van der Waals surface area contributed by atoms with E-state index in [1.165, 1.54) is 18.2 Å². The number of carbonyl (C=O) groups excluding carboxylic acids is 3. The lowest BCUT2D eigenvalue weighted by Crippen LogP contribution is -2.51. The van der Waals surface area contributed by atoms with Crippen LogP contribution in [0.3, 0.4) is 0 Å². The molecule has 0 bridgehead atoms. The molecule has 1 unspecified atom stereocenters. The van der Waals surface area contributed by atoms with Crippen molar-refractivity contribution in [1.29, 1.82) is 0 Å². The average Bonchev–Trinajstić information content (AvgIpc) is 2.60. The molecule has 5 nitrogen and oxygen atoms in total. The third kappa shape index (κ3) is 2.33. The maximum atomic E-state index is 13.1. The van der Waals surface area contributed by atoms with Gasteiger partial charge in [0.05, 0.1) is 18.7 Å². The lowest BCUT2D eigenvalue weighted by atomic mass is 9.64. The van der Waals surface area contributed by atoms with Gasteiger partial charge in [0.15, 0.2) is 11.6 Å². The van der Waals surface area contributed by atoms with Gasteiger partial charge >= 0.3 is 5.97 Å². The van der Waals surface area contributed by atoms with Crippen molar-refractivity contribution in [1.82, 2.24) is 4.90 Å². The van der Waals surface area contributed by atoms with E-state index in [1.807, 2.05) is 26.0 Å². The van der Waals surface area contributed by atoms with Crippen molar-refractivity contribution in [2.24, 2.45) is 11.3 Å². The number of rotatable bonds is 1. The maximum Gasteiger partial charge on any atom is 0.317 e. The van der Waals surface area contributed by atoms with E-state index in [2.05, 4.69) is 17.0 Å². The molecule has 1 aromatic carbocycles. The van der Waals surface area contributed by atoms with Crippen LogP contribution in [0.25, 0.3) is 0 Å². The number of carbonyl (C=O) groups is 3. The Morgan fingerprint density at radius 2 is 1.96 bits per heavy atom. The first-order valence-corrected chi connectivity index (χ1v) is 9.08. The second-order valence-corrected chi connectivity index (χ2v) is 8.09. The second-order valence-electron chi connectivity index (χ2n) is 8.09. The van der Waals surface area contributed by atoms with Crippen LogP contribution in [0.15, 0.2) is 35.5 Å². The number of hydrogen-bond acceptors (Lipinski definition) is 5. The highest BCUT2D eigenvalue weighted by Gasteiger charge is 2.52. The number of nitrogens with zero attached hydrogens (tertiary/aromatic N) is 1. The van der Waals surface area contributed by atoms with Gasteiger partial charge in [0.1, 0.15) is 5.92 Å². The highest BCUT2D eigenvalue weighted by Crippen LogP contribution is 2.49. The number of benzene rings is 1. The highest BCUT2D eigenvalue weighted by atomic mass is 16.5. The first-order valence-electron chi connectivity index (χ1n) is 9.08. The maximum absolute atomic E-state index is 13.1. The molecule has 26 heavy (non-hydrogen) atoms. The predicted octanol–water partition coefficient (Wildman–Crippen LogP) is 2.60. The highest BCUT2D eigenvalue weighted by molar-refractivity contribution is 6.26. The number of hydrogen-bond donors (Lipinski definition) is 0. The van der Waals surface area contributed by atoms with E-state index in [0.717, 1.165) is 18.7 Å². The molecule has 0 spiro atoms. The molecule has 4 rings (SSSR count). The summed E-state index contributed by atoms with van der Waals surface area (Å²) in [6, 6.07) is 8.21. The van der Waals surface area contributed by atoms with E-state index >= 15 is 0 Å². The standard InChI is InChI=1S/C21H23NO4/c1-21(2)11-15-17(19(24)18(21)20(25)26-3)16(23)10-14-13-7-5-4-6-12(13)8-9-22(14)15/h4-7,14,18H,8-11H2,1-3H3/t14-,18?/m0/s1. The fourth-order valence-electron chi connectivity index (χ4n) is 4.82. The molecule has 0 saturated heterocycles. The summed E-state index contributed by atoms with van der Waals surface area (Å²) in [5.74, 6) is -1.98. The van der Waals surface area contributed by atoms with Gasteiger partial charge in [-0.1, -0.05) is 38.1 Å². The van der Waals surface area contributed by atoms with E-state index < -0.39 is 17.3 Å². The first-order chi connectivity index (χ1) is 12.3. The molecule has 2 atom stereocenters. The largest absolute Gasteiger partial charge is 0.468 e. The summed E-state index contributed by atoms with van der Waals surface area (Å²) in [7, 11) is 1.29. The van der Waals surface area contributed by atoms with Crippen LogP contribution in [0.2, 0.25) is 0 Å². The molecule has 0 radical (unpaired) electrons. The molecule has 0 saturated carbocycles. The Bertz CT molecular complexity index is 851. The minimum atomic E-state index is -0.913. The number of allylic oxidation sites excluding steroid dienone is 2. The van der Waals surface area contributed by atoms with Crippen LogP contribution in [0.4, 0.5) is 0 Å². The summed E-state index contributed by atoms with van der Waals surface area (Å²) in [6.07, 6.45) is 1.71. The molecule has 3 aliphatic rings. The minimum absolute atomic E-state index is 0.00974. The molecule has 1 aromatic rings. The van der Waals surface area contributed by atoms with Gasteiger partial charge in [-0.15, -0.1) is 0 Å². The Labute approximate surface area is 153 Å². The van der Waals surface area contributed by atoms with Crippen molar-refractivity contribution in [3.63, 3.8) is 0 Å². The molecule has 0 aromatic heterocycles. The number of fused-ring (bicyclic) bond motifs is 4. The SMILES string of the molecule is COC(=O)C1C(=O)C2=C(CC1(C)C)N1CCc3ccccc3[C@@H]1CC2=O. The summed E-state index contributed by atoms with van der Waals surface area (Å²) in [5.41, 5.74) is 2.92. The zero-order chi connectivity index (χ0) is 18.6. The molecule has 0 amide bonds. The Balaban J connectivity index is 1.81. The third-order valence-corrected chi connectivity index (χ3v) is 6.06. The van der Waals surface area contributed by atoms with Gasteiger partial charge in [-0.2, -0.15) is 0 Å². The van der Waals surface area contributed by atoms with Gasteiger partial charge in [-0.3, -0.25) is 14.4 Å². The summed E-state index contributed by atoms with van der Waals surface area (Å²) < 4.78 is 4.86. The van der Waals surface area contributed by atoms with Gasteiger partial charge in [-0.05, 0) is 29.4 Å². The molecule has 2 heterocycles. The summed E-state index contributed by atoms with van der Waals surface area (Å²) in [4.78, 5) is 40.5. The van der Waals surface area contributed by atoms with Gasteiger partial charge in [0, 0.05) is 18.7 Å². The molecule has 2 aliphatic heterocycles. The topological polar surface area (TPSA) is 63.7 Å². The quantitative estimate of drug-likeness (QED) is 0.441. The van der Waals surface area contributed by atoms with E-state index in [-0.39, 0.29) is 29.6 Å². The van der Waals surface area contributed by atoms with E-state index in [1.54, 1.807) is 0 Å². The van der Waals surface area contributed by atoms with Gasteiger partial charge in [0.2, 0.25) is 0 Å². The molecular formula is C21H23NO4. The predicted molar refractivity (Wildman–Crippen MR) is 95.2 cm³/mol. The Hall–Kier alpha value is -2.43. The van der Waals surface area contributed by atoms with Crippen molar-refractivity contribution in [3.05, 3.63) is 46.7 Å². The molecular weight excluding hydrogens is 330 g/mol.